The van der Waals surface area contributed by atoms with Gasteiger partial charge in [0.2, 0.25) is 0 Å². The quantitative estimate of drug-likeness (QED) is 0.489. The molecular weight excluding hydrogens is 218 g/mol. The van der Waals surface area contributed by atoms with Gasteiger partial charge in [-0.1, -0.05) is 57.0 Å². The maximum atomic E-state index is 2.34. The lowest BCUT2D eigenvalue weighted by Crippen LogP contribution is -2.54. The van der Waals surface area contributed by atoms with Crippen molar-refractivity contribution in [2.45, 2.75) is 51.5 Å². The van der Waals surface area contributed by atoms with Crippen LogP contribution in [0.15, 0.2) is 30.3 Å². The van der Waals surface area contributed by atoms with E-state index in [1.165, 1.54) is 37.7 Å². The Balaban J connectivity index is 3.07. The largest absolute Gasteiger partial charge is 0.322 e. The van der Waals surface area contributed by atoms with E-state index in [9.17, 15) is 0 Å². The van der Waals surface area contributed by atoms with Gasteiger partial charge in [-0.15, -0.1) is 0 Å². The second kappa shape index (κ2) is 6.38. The zero-order chi connectivity index (χ0) is 13.6. The highest BCUT2D eigenvalue weighted by Crippen LogP contribution is 2.39. The summed E-state index contributed by atoms with van der Waals surface area (Å²) in [5, 5.41) is 0. The monoisotopic (exact) mass is 248 g/mol. The summed E-state index contributed by atoms with van der Waals surface area (Å²) in [6.45, 7) is 4.62. The Bertz CT molecular complexity index is 336. The van der Waals surface area contributed by atoms with Gasteiger partial charge in [0.25, 0.3) is 0 Å². The van der Waals surface area contributed by atoms with Crippen LogP contribution in [0.4, 0.5) is 0 Å². The number of nitrogens with zero attached hydrogens (tertiary/aromatic N) is 1. The number of rotatable bonds is 7. The SMILES string of the molecule is CCCCCC(CC)(c1ccccc1)[N+](C)(C)C. The van der Waals surface area contributed by atoms with Crippen LogP contribution < -0.4 is 0 Å². The van der Waals surface area contributed by atoms with E-state index in [2.05, 4.69) is 65.3 Å². The summed E-state index contributed by atoms with van der Waals surface area (Å²) in [6.07, 6.45) is 6.45. The molecule has 0 aromatic heterocycles. The number of hydrogen-bond donors (Lipinski definition) is 0. The molecule has 0 saturated heterocycles. The fourth-order valence-electron chi connectivity index (χ4n) is 3.14. The van der Waals surface area contributed by atoms with Crippen LogP contribution in [0.1, 0.15) is 51.5 Å². The molecule has 0 bridgehead atoms. The van der Waals surface area contributed by atoms with Crippen LogP contribution in [0, 0.1) is 0 Å². The van der Waals surface area contributed by atoms with Crippen molar-refractivity contribution in [2.75, 3.05) is 21.1 Å². The molecule has 1 nitrogen and oxygen atoms in total. The summed E-state index contributed by atoms with van der Waals surface area (Å²) >= 11 is 0. The maximum Gasteiger partial charge on any atom is 0.124 e. The van der Waals surface area contributed by atoms with Gasteiger partial charge in [-0.2, -0.15) is 0 Å². The summed E-state index contributed by atoms with van der Waals surface area (Å²) in [4.78, 5) is 0. The number of hydrogen-bond acceptors (Lipinski definition) is 0. The number of benzene rings is 1. The third-order valence-electron chi connectivity index (χ3n) is 4.37. The predicted molar refractivity (Wildman–Crippen MR) is 80.6 cm³/mol. The maximum absolute atomic E-state index is 2.34. The van der Waals surface area contributed by atoms with Gasteiger partial charge >= 0.3 is 0 Å². The van der Waals surface area contributed by atoms with Crippen LogP contribution >= 0.6 is 0 Å². The Hall–Kier alpha value is -0.820. The predicted octanol–water partition coefficient (Wildman–Crippen LogP) is 4.58. The van der Waals surface area contributed by atoms with Gasteiger partial charge in [-0.05, 0) is 6.42 Å². The van der Waals surface area contributed by atoms with Crippen molar-refractivity contribution in [1.29, 1.82) is 0 Å². The highest BCUT2D eigenvalue weighted by atomic mass is 15.3. The highest BCUT2D eigenvalue weighted by molar-refractivity contribution is 5.22. The molecule has 0 fully saturated rings. The summed E-state index contributed by atoms with van der Waals surface area (Å²) < 4.78 is 1.01. The molecule has 1 heteroatoms. The molecule has 0 spiro atoms. The molecular formula is C17H30N+. The summed E-state index contributed by atoms with van der Waals surface area (Å²) in [5.74, 6) is 0. The Morgan fingerprint density at radius 2 is 1.56 bits per heavy atom. The van der Waals surface area contributed by atoms with Crippen molar-refractivity contribution in [1.82, 2.24) is 0 Å². The molecule has 0 saturated carbocycles. The van der Waals surface area contributed by atoms with Crippen LogP contribution in [0.5, 0.6) is 0 Å². The van der Waals surface area contributed by atoms with Crippen molar-refractivity contribution in [2.24, 2.45) is 0 Å². The van der Waals surface area contributed by atoms with Crippen molar-refractivity contribution in [3.8, 4) is 0 Å². The normalized spacial score (nSPS) is 15.4. The molecule has 0 amide bonds. The molecule has 0 aliphatic rings. The lowest BCUT2D eigenvalue weighted by molar-refractivity contribution is -0.933. The fraction of sp³-hybridized carbons (Fsp3) is 0.647. The molecule has 18 heavy (non-hydrogen) atoms. The first-order valence-corrected chi connectivity index (χ1v) is 7.35. The van der Waals surface area contributed by atoms with Crippen LogP contribution in [0.2, 0.25) is 0 Å². The van der Waals surface area contributed by atoms with E-state index in [-0.39, 0.29) is 5.54 Å². The van der Waals surface area contributed by atoms with E-state index in [0.717, 1.165) is 4.48 Å². The lowest BCUT2D eigenvalue weighted by atomic mass is 9.79. The van der Waals surface area contributed by atoms with Crippen LogP contribution in [-0.4, -0.2) is 25.6 Å². The first-order chi connectivity index (χ1) is 8.48. The Morgan fingerprint density at radius 1 is 0.944 bits per heavy atom. The second-order valence-electron chi connectivity index (χ2n) is 6.22. The van der Waals surface area contributed by atoms with Crippen LogP contribution in [-0.2, 0) is 5.54 Å². The summed E-state index contributed by atoms with van der Waals surface area (Å²) in [5.41, 5.74) is 1.76. The van der Waals surface area contributed by atoms with Gasteiger partial charge in [0.05, 0.1) is 21.1 Å². The molecule has 1 aromatic rings. The topological polar surface area (TPSA) is 0 Å². The van der Waals surface area contributed by atoms with E-state index in [4.69, 9.17) is 0 Å². The van der Waals surface area contributed by atoms with E-state index in [0.29, 0.717) is 0 Å². The van der Waals surface area contributed by atoms with Gasteiger partial charge < -0.3 is 4.48 Å². The lowest BCUT2D eigenvalue weighted by Gasteiger charge is -2.46. The average molecular weight is 248 g/mol. The van der Waals surface area contributed by atoms with Crippen molar-refractivity contribution in [3.63, 3.8) is 0 Å². The highest BCUT2D eigenvalue weighted by Gasteiger charge is 2.42. The molecule has 1 atom stereocenters. The van der Waals surface area contributed by atoms with Crippen molar-refractivity contribution < 1.29 is 4.48 Å². The van der Waals surface area contributed by atoms with Crippen LogP contribution in [0.25, 0.3) is 0 Å². The van der Waals surface area contributed by atoms with E-state index >= 15 is 0 Å². The number of quaternary nitrogens is 1. The van der Waals surface area contributed by atoms with E-state index in [1.807, 2.05) is 0 Å². The standard InChI is InChI=1S/C17H30N/c1-6-8-12-15-17(7-2,18(3,4)5)16-13-10-9-11-14-16/h9-11,13-14H,6-8,12,15H2,1-5H3/q+1. The smallest absolute Gasteiger partial charge is 0.124 e. The Morgan fingerprint density at radius 3 is 2.00 bits per heavy atom. The minimum Gasteiger partial charge on any atom is -0.322 e. The molecule has 102 valence electrons. The zero-order valence-corrected chi connectivity index (χ0v) is 12.9. The summed E-state index contributed by atoms with van der Waals surface area (Å²) in [7, 11) is 7.01. The first-order valence-electron chi connectivity index (χ1n) is 7.35. The molecule has 0 aliphatic carbocycles. The van der Waals surface area contributed by atoms with Gasteiger partial charge in [-0.25, -0.2) is 0 Å². The molecule has 0 N–H and O–H groups in total. The average Bonchev–Trinajstić information content (AvgIpc) is 2.34. The molecule has 0 heterocycles. The molecule has 1 rings (SSSR count). The van der Waals surface area contributed by atoms with Gasteiger partial charge in [-0.3, -0.25) is 0 Å². The minimum absolute atomic E-state index is 0.260. The Labute approximate surface area is 113 Å². The minimum atomic E-state index is 0.260. The zero-order valence-electron chi connectivity index (χ0n) is 12.9. The molecule has 0 aliphatic heterocycles. The molecule has 1 aromatic carbocycles. The van der Waals surface area contributed by atoms with Gasteiger partial charge in [0.15, 0.2) is 0 Å². The van der Waals surface area contributed by atoms with Crippen LogP contribution in [0.3, 0.4) is 0 Å². The second-order valence-corrected chi connectivity index (χ2v) is 6.22. The molecule has 1 unspecified atom stereocenters. The van der Waals surface area contributed by atoms with Gasteiger partial charge in [0.1, 0.15) is 5.54 Å². The van der Waals surface area contributed by atoms with E-state index < -0.39 is 0 Å². The first kappa shape index (κ1) is 15.2. The Kier molecular flexibility index (Phi) is 5.40. The fourth-order valence-corrected chi connectivity index (χ4v) is 3.14. The molecule has 0 radical (unpaired) electrons. The summed E-state index contributed by atoms with van der Waals surface area (Å²) in [6, 6.07) is 11.1. The van der Waals surface area contributed by atoms with Gasteiger partial charge in [0, 0.05) is 18.4 Å². The third-order valence-corrected chi connectivity index (χ3v) is 4.37. The van der Waals surface area contributed by atoms with Crippen molar-refractivity contribution >= 4 is 0 Å². The third kappa shape index (κ3) is 3.14. The van der Waals surface area contributed by atoms with E-state index in [1.54, 1.807) is 0 Å². The number of unbranched alkanes of at least 4 members (excludes halogenated alkanes) is 2. The van der Waals surface area contributed by atoms with Crippen molar-refractivity contribution in [3.05, 3.63) is 35.9 Å².